The second-order valence-corrected chi connectivity index (χ2v) is 6.25. The van der Waals surface area contributed by atoms with Crippen LogP contribution in [0.25, 0.3) is 0 Å². The first-order chi connectivity index (χ1) is 9.71. The van der Waals surface area contributed by atoms with Gasteiger partial charge in [-0.1, -0.05) is 27.2 Å². The van der Waals surface area contributed by atoms with E-state index < -0.39 is 0 Å². The Labute approximate surface area is 123 Å². The Hall–Kier alpha value is -0.610. The molecule has 0 aromatic heterocycles. The van der Waals surface area contributed by atoms with Crippen molar-refractivity contribution < 1.29 is 4.79 Å². The lowest BCUT2D eigenvalue weighted by Crippen LogP contribution is -2.50. The molecule has 2 fully saturated rings. The van der Waals surface area contributed by atoms with Gasteiger partial charge in [-0.15, -0.1) is 0 Å². The number of piperidine rings is 1. The second kappa shape index (κ2) is 7.41. The number of hydrogen-bond donors (Lipinski definition) is 1. The molecule has 2 rings (SSSR count). The fourth-order valence-corrected chi connectivity index (χ4v) is 3.68. The molecule has 2 unspecified atom stereocenters. The Kier molecular flexibility index (Phi) is 5.85. The summed E-state index contributed by atoms with van der Waals surface area (Å²) in [5.74, 6) is 0.347. The largest absolute Gasteiger partial charge is 0.323 e. The minimum absolute atomic E-state index is 0.0558. The van der Waals surface area contributed by atoms with Crippen molar-refractivity contribution in [2.75, 3.05) is 19.6 Å². The first kappa shape index (κ1) is 15.8. The van der Waals surface area contributed by atoms with Gasteiger partial charge in [0.05, 0.1) is 12.2 Å². The monoisotopic (exact) mass is 281 g/mol. The Morgan fingerprint density at radius 3 is 2.40 bits per heavy atom. The summed E-state index contributed by atoms with van der Waals surface area (Å²) in [6, 6.07) is 0.511. The van der Waals surface area contributed by atoms with E-state index in [-0.39, 0.29) is 12.2 Å². The van der Waals surface area contributed by atoms with Crippen LogP contribution >= 0.6 is 0 Å². The van der Waals surface area contributed by atoms with Crippen molar-refractivity contribution in [3.63, 3.8) is 0 Å². The zero-order valence-corrected chi connectivity index (χ0v) is 13.4. The molecule has 2 saturated heterocycles. The summed E-state index contributed by atoms with van der Waals surface area (Å²) >= 11 is 0. The van der Waals surface area contributed by atoms with Gasteiger partial charge in [0.25, 0.3) is 0 Å². The smallest absolute Gasteiger partial charge is 0.241 e. The summed E-state index contributed by atoms with van der Waals surface area (Å²) in [6.45, 7) is 10.0. The first-order valence-electron chi connectivity index (χ1n) is 8.51. The van der Waals surface area contributed by atoms with Gasteiger partial charge in [-0.3, -0.25) is 10.1 Å². The molecular weight excluding hydrogens is 250 g/mol. The van der Waals surface area contributed by atoms with Crippen molar-refractivity contribution in [2.45, 2.75) is 77.5 Å². The topological polar surface area (TPSA) is 35.6 Å². The van der Waals surface area contributed by atoms with Crippen LogP contribution in [0.3, 0.4) is 0 Å². The summed E-state index contributed by atoms with van der Waals surface area (Å²) in [4.78, 5) is 17.3. The van der Waals surface area contributed by atoms with Crippen LogP contribution in [0.15, 0.2) is 0 Å². The van der Waals surface area contributed by atoms with Gasteiger partial charge in [0.2, 0.25) is 5.91 Å². The Morgan fingerprint density at radius 1 is 1.15 bits per heavy atom. The van der Waals surface area contributed by atoms with Gasteiger partial charge in [0.15, 0.2) is 0 Å². The molecule has 0 bridgehead atoms. The van der Waals surface area contributed by atoms with E-state index in [4.69, 9.17) is 0 Å². The van der Waals surface area contributed by atoms with Crippen molar-refractivity contribution in [2.24, 2.45) is 0 Å². The molecule has 0 spiro atoms. The molecule has 20 heavy (non-hydrogen) atoms. The van der Waals surface area contributed by atoms with Gasteiger partial charge in [0, 0.05) is 19.1 Å². The molecule has 2 aliphatic heterocycles. The Bertz CT molecular complexity index is 313. The summed E-state index contributed by atoms with van der Waals surface area (Å²) in [6.07, 6.45) is 6.91. The molecule has 0 saturated carbocycles. The minimum Gasteiger partial charge on any atom is -0.323 e. The van der Waals surface area contributed by atoms with E-state index in [1.165, 1.54) is 13.0 Å². The summed E-state index contributed by atoms with van der Waals surface area (Å²) < 4.78 is 0. The van der Waals surface area contributed by atoms with Crippen molar-refractivity contribution >= 4 is 5.91 Å². The third kappa shape index (κ3) is 3.34. The zero-order valence-electron chi connectivity index (χ0n) is 13.4. The number of amides is 1. The van der Waals surface area contributed by atoms with Crippen LogP contribution < -0.4 is 5.32 Å². The normalized spacial score (nSPS) is 29.4. The maximum atomic E-state index is 12.6. The number of likely N-dealkylation sites (tertiary alicyclic amines) is 1. The van der Waals surface area contributed by atoms with E-state index in [9.17, 15) is 4.79 Å². The lowest BCUT2D eigenvalue weighted by atomic mass is 10.0. The van der Waals surface area contributed by atoms with E-state index in [1.807, 2.05) is 0 Å². The number of rotatable bonds is 6. The fourth-order valence-electron chi connectivity index (χ4n) is 3.68. The van der Waals surface area contributed by atoms with Crippen LogP contribution in [-0.4, -0.2) is 53.6 Å². The molecular formula is C16H31N3O. The second-order valence-electron chi connectivity index (χ2n) is 6.25. The summed E-state index contributed by atoms with van der Waals surface area (Å²) in [7, 11) is 0. The highest BCUT2D eigenvalue weighted by Gasteiger charge is 2.41. The van der Waals surface area contributed by atoms with Gasteiger partial charge < -0.3 is 9.80 Å². The molecule has 0 radical (unpaired) electrons. The number of nitrogens with zero attached hydrogens (tertiary/aromatic N) is 2. The molecule has 2 heterocycles. The van der Waals surface area contributed by atoms with E-state index in [0.717, 1.165) is 45.2 Å². The highest BCUT2D eigenvalue weighted by molar-refractivity contribution is 5.84. The molecule has 2 atom stereocenters. The van der Waals surface area contributed by atoms with E-state index in [1.54, 1.807) is 0 Å². The predicted molar refractivity (Wildman–Crippen MR) is 82.5 cm³/mol. The quantitative estimate of drug-likeness (QED) is 0.811. The third-order valence-corrected chi connectivity index (χ3v) is 4.74. The lowest BCUT2D eigenvalue weighted by molar-refractivity contribution is -0.133. The highest BCUT2D eigenvalue weighted by atomic mass is 16.2. The molecule has 4 nitrogen and oxygen atoms in total. The van der Waals surface area contributed by atoms with Gasteiger partial charge in [-0.2, -0.15) is 0 Å². The Balaban J connectivity index is 1.97. The molecule has 4 heteroatoms. The zero-order chi connectivity index (χ0) is 14.5. The summed E-state index contributed by atoms with van der Waals surface area (Å²) in [5, 5.41) is 3.54. The molecule has 0 aromatic rings. The van der Waals surface area contributed by atoms with Crippen LogP contribution in [0.2, 0.25) is 0 Å². The summed E-state index contributed by atoms with van der Waals surface area (Å²) in [5.41, 5.74) is 0. The maximum absolute atomic E-state index is 12.6. The standard InChI is InChI=1S/C16H31N3O/c1-4-7-15-17-14(6-3)16(20)19(15)13-8-11-18(10-5-2)12-9-13/h13-15,17H,4-12H2,1-3H3. The predicted octanol–water partition coefficient (Wildman–Crippen LogP) is 2.20. The molecule has 0 aromatic carbocycles. The average Bonchev–Trinajstić information content (AvgIpc) is 2.77. The highest BCUT2D eigenvalue weighted by Crippen LogP contribution is 2.25. The minimum atomic E-state index is 0.0558. The molecule has 1 N–H and O–H groups in total. The van der Waals surface area contributed by atoms with Gasteiger partial charge in [-0.05, 0) is 38.6 Å². The fraction of sp³-hybridized carbons (Fsp3) is 0.938. The Morgan fingerprint density at radius 2 is 1.85 bits per heavy atom. The lowest BCUT2D eigenvalue weighted by Gasteiger charge is -2.39. The van der Waals surface area contributed by atoms with E-state index >= 15 is 0 Å². The van der Waals surface area contributed by atoms with Crippen molar-refractivity contribution in [1.29, 1.82) is 0 Å². The van der Waals surface area contributed by atoms with E-state index in [2.05, 4.69) is 35.9 Å². The SMILES string of the molecule is CCCC1NC(CC)C(=O)N1C1CCN(CCC)CC1. The molecule has 0 aliphatic carbocycles. The number of nitrogens with one attached hydrogen (secondary N) is 1. The van der Waals surface area contributed by atoms with Crippen molar-refractivity contribution in [1.82, 2.24) is 15.1 Å². The van der Waals surface area contributed by atoms with Gasteiger partial charge >= 0.3 is 0 Å². The van der Waals surface area contributed by atoms with Crippen LogP contribution in [0.4, 0.5) is 0 Å². The van der Waals surface area contributed by atoms with Crippen molar-refractivity contribution in [3.05, 3.63) is 0 Å². The van der Waals surface area contributed by atoms with Crippen LogP contribution in [0, 0.1) is 0 Å². The number of hydrogen-bond acceptors (Lipinski definition) is 3. The van der Waals surface area contributed by atoms with Crippen LogP contribution in [0.5, 0.6) is 0 Å². The molecule has 1 amide bonds. The third-order valence-electron chi connectivity index (χ3n) is 4.74. The average molecular weight is 281 g/mol. The van der Waals surface area contributed by atoms with Gasteiger partial charge in [-0.25, -0.2) is 0 Å². The first-order valence-corrected chi connectivity index (χ1v) is 8.51. The number of carbonyl (C=O) groups excluding carboxylic acids is 1. The van der Waals surface area contributed by atoms with Gasteiger partial charge in [0.1, 0.15) is 0 Å². The van der Waals surface area contributed by atoms with Crippen molar-refractivity contribution in [3.8, 4) is 0 Å². The molecule has 2 aliphatic rings. The molecule has 116 valence electrons. The number of carbonyl (C=O) groups is 1. The maximum Gasteiger partial charge on any atom is 0.241 e. The van der Waals surface area contributed by atoms with Crippen LogP contribution in [0.1, 0.15) is 59.3 Å². The van der Waals surface area contributed by atoms with Crippen LogP contribution in [-0.2, 0) is 4.79 Å². The van der Waals surface area contributed by atoms with E-state index in [0.29, 0.717) is 11.9 Å².